The number of nitrogens with zero attached hydrogens (tertiary/aromatic N) is 1. The van der Waals surface area contributed by atoms with E-state index in [2.05, 4.69) is 36.2 Å². The first-order chi connectivity index (χ1) is 10.6. The second kappa shape index (κ2) is 6.50. The fourth-order valence-electron chi connectivity index (χ4n) is 3.07. The minimum atomic E-state index is 0.290. The maximum absolute atomic E-state index is 6.25. The molecule has 0 saturated heterocycles. The predicted molar refractivity (Wildman–Crippen MR) is 99.8 cm³/mol. The third-order valence-electron chi connectivity index (χ3n) is 4.05. The van der Waals surface area contributed by atoms with Crippen LogP contribution in [0.5, 0.6) is 0 Å². The molecule has 2 N–H and O–H groups in total. The maximum Gasteiger partial charge on any atom is 0.0934 e. The minimum absolute atomic E-state index is 0.290. The van der Waals surface area contributed by atoms with Gasteiger partial charge in [0.2, 0.25) is 0 Å². The molecule has 2 heterocycles. The van der Waals surface area contributed by atoms with Crippen LogP contribution in [-0.4, -0.2) is 23.9 Å². The van der Waals surface area contributed by atoms with E-state index >= 15 is 0 Å². The van der Waals surface area contributed by atoms with Crippen molar-refractivity contribution in [2.75, 3.05) is 13.6 Å². The lowest BCUT2D eigenvalue weighted by atomic mass is 9.84. The highest BCUT2D eigenvalue weighted by Gasteiger charge is 2.28. The molecule has 0 amide bonds. The molecule has 2 aromatic rings. The lowest BCUT2D eigenvalue weighted by Gasteiger charge is -2.31. The number of rotatable bonds is 3. The van der Waals surface area contributed by atoms with E-state index < -0.39 is 0 Å². The van der Waals surface area contributed by atoms with Crippen LogP contribution in [0, 0.1) is 0 Å². The molecule has 1 aromatic heterocycles. The van der Waals surface area contributed by atoms with Crippen molar-refractivity contribution < 1.29 is 0 Å². The number of hydrogen-bond acceptors (Lipinski definition) is 4. The van der Waals surface area contributed by atoms with Crippen LogP contribution >= 0.6 is 35.2 Å². The van der Waals surface area contributed by atoms with Gasteiger partial charge in [0.1, 0.15) is 0 Å². The Morgan fingerprint density at radius 1 is 1.41 bits per heavy atom. The smallest absolute Gasteiger partial charge is 0.0934 e. The van der Waals surface area contributed by atoms with Crippen LogP contribution in [0.2, 0.25) is 4.34 Å². The summed E-state index contributed by atoms with van der Waals surface area (Å²) in [6, 6.07) is 10.4. The van der Waals surface area contributed by atoms with Gasteiger partial charge in [-0.3, -0.25) is 0 Å². The highest BCUT2D eigenvalue weighted by Crippen LogP contribution is 2.41. The van der Waals surface area contributed by atoms with Crippen LogP contribution in [0.3, 0.4) is 0 Å². The molecule has 5 heteroatoms. The molecule has 1 unspecified atom stereocenters. The van der Waals surface area contributed by atoms with E-state index in [1.807, 2.05) is 6.07 Å². The first-order valence-electron chi connectivity index (χ1n) is 7.07. The van der Waals surface area contributed by atoms with Gasteiger partial charge in [-0.25, -0.2) is 0 Å². The van der Waals surface area contributed by atoms with E-state index in [1.165, 1.54) is 16.0 Å². The number of allylic oxidation sites excluding steroid dienone is 1. The highest BCUT2D eigenvalue weighted by atomic mass is 35.5. The van der Waals surface area contributed by atoms with E-state index in [9.17, 15) is 0 Å². The van der Waals surface area contributed by atoms with Gasteiger partial charge in [-0.2, -0.15) is 0 Å². The zero-order chi connectivity index (χ0) is 15.7. The topological polar surface area (TPSA) is 29.3 Å². The number of halogens is 1. The minimum Gasteiger partial charge on any atom is -0.404 e. The maximum atomic E-state index is 6.25. The van der Waals surface area contributed by atoms with E-state index in [4.69, 9.17) is 29.6 Å². The van der Waals surface area contributed by atoms with E-state index in [0.29, 0.717) is 5.92 Å². The first kappa shape index (κ1) is 15.7. The molecular formula is C17H17ClN2S2. The number of hydrogen-bond donors (Lipinski definition) is 1. The largest absolute Gasteiger partial charge is 0.404 e. The Kier molecular flexibility index (Phi) is 4.64. The van der Waals surface area contributed by atoms with E-state index in [0.717, 1.165) is 28.6 Å². The quantitative estimate of drug-likeness (QED) is 0.663. The fourth-order valence-corrected chi connectivity index (χ4v) is 4.70. The average molecular weight is 349 g/mol. The summed E-state index contributed by atoms with van der Waals surface area (Å²) in [5.74, 6) is 0.290. The van der Waals surface area contributed by atoms with Crippen molar-refractivity contribution in [3.63, 3.8) is 0 Å². The zero-order valence-electron chi connectivity index (χ0n) is 12.3. The summed E-state index contributed by atoms with van der Waals surface area (Å²) in [4.78, 5) is 3.68. The Morgan fingerprint density at radius 2 is 2.18 bits per heavy atom. The second-order valence-corrected chi connectivity index (χ2v) is 7.51. The van der Waals surface area contributed by atoms with Gasteiger partial charge in [0.05, 0.1) is 4.34 Å². The van der Waals surface area contributed by atoms with Crippen molar-refractivity contribution in [1.82, 2.24) is 4.90 Å². The van der Waals surface area contributed by atoms with Crippen LogP contribution in [-0.2, 0) is 6.54 Å². The molecule has 0 saturated carbocycles. The molecule has 1 aliphatic heterocycles. The third-order valence-corrected chi connectivity index (χ3v) is 5.57. The van der Waals surface area contributed by atoms with Gasteiger partial charge in [0.25, 0.3) is 0 Å². The molecule has 1 aliphatic rings. The Hall–Kier alpha value is -1.20. The van der Waals surface area contributed by atoms with Gasteiger partial charge in [0, 0.05) is 41.0 Å². The zero-order valence-corrected chi connectivity index (χ0v) is 14.6. The molecule has 2 nitrogen and oxygen atoms in total. The summed E-state index contributed by atoms with van der Waals surface area (Å²) < 4.78 is 0.854. The standard InChI is InChI=1S/C17H17ClN2S2/c1-20-8-15(14-6-17(18)22-16(14)9-20)13-5-3-2-4-12(13)11(7-19)10-21/h2-7,10,15H,8-9,19H2,1H3/b11-7+. The summed E-state index contributed by atoms with van der Waals surface area (Å²) in [5.41, 5.74) is 10.3. The summed E-state index contributed by atoms with van der Waals surface area (Å²) in [7, 11) is 2.14. The molecule has 0 aliphatic carbocycles. The van der Waals surface area contributed by atoms with Crippen LogP contribution in [0.15, 0.2) is 36.5 Å². The first-order valence-corrected chi connectivity index (χ1v) is 8.73. The van der Waals surface area contributed by atoms with Crippen LogP contribution < -0.4 is 5.73 Å². The van der Waals surface area contributed by atoms with Crippen molar-refractivity contribution in [2.24, 2.45) is 5.73 Å². The Labute approximate surface area is 145 Å². The Balaban J connectivity index is 2.14. The van der Waals surface area contributed by atoms with Gasteiger partial charge >= 0.3 is 0 Å². The van der Waals surface area contributed by atoms with E-state index in [1.54, 1.807) is 22.9 Å². The van der Waals surface area contributed by atoms with Crippen molar-refractivity contribution in [3.05, 3.63) is 62.4 Å². The number of thiocarbonyl (C=S) groups is 1. The summed E-state index contributed by atoms with van der Waals surface area (Å²) in [5, 5.41) is 1.65. The van der Waals surface area contributed by atoms with Crippen LogP contribution in [0.4, 0.5) is 0 Å². The second-order valence-electron chi connectivity index (χ2n) is 5.51. The molecule has 0 fully saturated rings. The molecule has 0 bridgehead atoms. The molecule has 1 atom stereocenters. The molecule has 114 valence electrons. The van der Waals surface area contributed by atoms with Crippen LogP contribution in [0.1, 0.15) is 27.5 Å². The summed E-state index contributed by atoms with van der Waals surface area (Å²) >= 11 is 13.0. The Morgan fingerprint density at radius 3 is 2.91 bits per heavy atom. The monoisotopic (exact) mass is 348 g/mol. The van der Waals surface area contributed by atoms with Crippen LogP contribution in [0.25, 0.3) is 5.57 Å². The van der Waals surface area contributed by atoms with Gasteiger partial charge in [-0.15, -0.1) is 11.3 Å². The molecule has 1 aromatic carbocycles. The number of benzene rings is 1. The summed E-state index contributed by atoms with van der Waals surface area (Å²) in [6.07, 6.45) is 1.58. The van der Waals surface area contributed by atoms with Crippen molar-refractivity contribution in [1.29, 1.82) is 0 Å². The van der Waals surface area contributed by atoms with Gasteiger partial charge < -0.3 is 10.6 Å². The van der Waals surface area contributed by atoms with Crippen molar-refractivity contribution in [2.45, 2.75) is 12.5 Å². The molecule has 3 rings (SSSR count). The number of thiophene rings is 1. The van der Waals surface area contributed by atoms with Gasteiger partial charge in [0.15, 0.2) is 0 Å². The van der Waals surface area contributed by atoms with E-state index in [-0.39, 0.29) is 0 Å². The number of nitrogens with two attached hydrogens (primary N) is 1. The van der Waals surface area contributed by atoms with Crippen molar-refractivity contribution in [3.8, 4) is 0 Å². The van der Waals surface area contributed by atoms with Gasteiger partial charge in [-0.05, 0) is 29.8 Å². The number of likely N-dealkylation sites (N-methyl/N-ethyl adjacent to an activating group) is 1. The molecular weight excluding hydrogens is 332 g/mol. The lowest BCUT2D eigenvalue weighted by Crippen LogP contribution is -2.30. The third kappa shape index (κ3) is 2.84. The molecule has 0 spiro atoms. The van der Waals surface area contributed by atoms with Gasteiger partial charge in [-0.1, -0.05) is 48.1 Å². The SMILES string of the molecule is CN1Cc2sc(Cl)cc2C(c2ccccc2/C(C=S)=C/N)C1. The predicted octanol–water partition coefficient (Wildman–Crippen LogP) is 4.28. The number of fused-ring (bicyclic) bond motifs is 1. The normalized spacial score (nSPS) is 19.0. The average Bonchev–Trinajstić information content (AvgIpc) is 2.88. The Bertz CT molecular complexity index is 736. The van der Waals surface area contributed by atoms with Crippen molar-refractivity contribution >= 4 is 46.1 Å². The molecule has 0 radical (unpaired) electrons. The summed E-state index contributed by atoms with van der Waals surface area (Å²) in [6.45, 7) is 1.92. The highest BCUT2D eigenvalue weighted by molar-refractivity contribution is 7.79. The lowest BCUT2D eigenvalue weighted by molar-refractivity contribution is 0.299. The molecule has 22 heavy (non-hydrogen) atoms. The fraction of sp³-hybridized carbons (Fsp3) is 0.235.